The molecule has 31 heavy (non-hydrogen) atoms. The van der Waals surface area contributed by atoms with Gasteiger partial charge in [0.1, 0.15) is 0 Å². The molecular weight excluding hydrogens is 414 g/mol. The number of benzene rings is 1. The Bertz CT molecular complexity index is 1080. The molecule has 0 amide bonds. The number of Topliss-reactive ketones (excluding diaryl/α,β-unsaturated/α-hetero) is 1. The van der Waals surface area contributed by atoms with Crippen LogP contribution >= 0.6 is 11.3 Å². The summed E-state index contributed by atoms with van der Waals surface area (Å²) in [6, 6.07) is 11.8. The molecule has 0 atom stereocenters. The fourth-order valence-corrected chi connectivity index (χ4v) is 4.16. The summed E-state index contributed by atoms with van der Waals surface area (Å²) in [5.41, 5.74) is 2.75. The second-order valence-electron chi connectivity index (χ2n) is 7.13. The maximum absolute atomic E-state index is 12.7. The van der Waals surface area contributed by atoms with Gasteiger partial charge in [0.05, 0.1) is 10.4 Å². The normalized spacial score (nSPS) is 10.8. The molecular formula is C24H25NO5S. The Balaban J connectivity index is 1.70. The third kappa shape index (κ3) is 5.18. The molecule has 2 aromatic heterocycles. The predicted molar refractivity (Wildman–Crippen MR) is 119 cm³/mol. The highest BCUT2D eigenvalue weighted by atomic mass is 32.1. The van der Waals surface area contributed by atoms with Crippen LogP contribution in [0.1, 0.15) is 53.8 Å². The molecule has 0 bridgehead atoms. The Morgan fingerprint density at radius 3 is 2.42 bits per heavy atom. The molecule has 0 spiro atoms. The molecule has 0 aliphatic rings. The molecule has 0 aliphatic carbocycles. The fourth-order valence-electron chi connectivity index (χ4n) is 3.48. The Kier molecular flexibility index (Phi) is 7.55. The van der Waals surface area contributed by atoms with E-state index in [0.29, 0.717) is 17.0 Å². The first kappa shape index (κ1) is 22.7. The van der Waals surface area contributed by atoms with Crippen molar-refractivity contribution < 1.29 is 23.9 Å². The number of hydrogen-bond acceptors (Lipinski definition) is 6. The molecule has 3 aromatic rings. The average molecular weight is 440 g/mol. The van der Waals surface area contributed by atoms with Crippen LogP contribution in [0.5, 0.6) is 0 Å². The van der Waals surface area contributed by atoms with Gasteiger partial charge >= 0.3 is 5.97 Å². The maximum Gasteiger partial charge on any atom is 0.339 e. The Morgan fingerprint density at radius 2 is 1.74 bits per heavy atom. The lowest BCUT2D eigenvalue weighted by Crippen LogP contribution is -2.17. The number of carbonyl (C=O) groups is 3. The highest BCUT2D eigenvalue weighted by Gasteiger charge is 2.22. The van der Waals surface area contributed by atoms with Crippen LogP contribution in [-0.4, -0.2) is 42.4 Å². The van der Waals surface area contributed by atoms with Crippen molar-refractivity contribution in [2.45, 2.75) is 26.8 Å². The zero-order chi connectivity index (χ0) is 22.4. The molecule has 3 rings (SSSR count). The van der Waals surface area contributed by atoms with Crippen LogP contribution in [-0.2, 0) is 16.0 Å². The van der Waals surface area contributed by atoms with Crippen molar-refractivity contribution in [1.29, 1.82) is 0 Å². The number of esters is 1. The topological polar surface area (TPSA) is 74.6 Å². The molecule has 0 saturated carbocycles. The molecule has 0 fully saturated rings. The van der Waals surface area contributed by atoms with E-state index in [9.17, 15) is 14.4 Å². The van der Waals surface area contributed by atoms with Crippen LogP contribution in [0.3, 0.4) is 0 Å². The predicted octanol–water partition coefficient (Wildman–Crippen LogP) is 4.47. The molecule has 0 unspecified atom stereocenters. The van der Waals surface area contributed by atoms with Gasteiger partial charge in [-0.05, 0) is 43.8 Å². The van der Waals surface area contributed by atoms with Gasteiger partial charge in [0, 0.05) is 42.8 Å². The van der Waals surface area contributed by atoms with Crippen molar-refractivity contribution in [3.05, 3.63) is 80.8 Å². The Hall–Kier alpha value is -3.03. The van der Waals surface area contributed by atoms with Crippen molar-refractivity contribution in [3.63, 3.8) is 0 Å². The largest absolute Gasteiger partial charge is 0.454 e. The molecule has 2 heterocycles. The molecule has 0 aliphatic heterocycles. The van der Waals surface area contributed by atoms with Crippen molar-refractivity contribution in [2.75, 3.05) is 20.3 Å². The van der Waals surface area contributed by atoms with Gasteiger partial charge in [-0.1, -0.05) is 24.3 Å². The first-order valence-corrected chi connectivity index (χ1v) is 10.8. The van der Waals surface area contributed by atoms with E-state index in [1.165, 1.54) is 17.4 Å². The number of ketones is 2. The molecule has 6 nitrogen and oxygen atoms in total. The fraction of sp³-hybridized carbons (Fsp3) is 0.292. The van der Waals surface area contributed by atoms with Crippen molar-refractivity contribution in [2.24, 2.45) is 0 Å². The summed E-state index contributed by atoms with van der Waals surface area (Å²) in [7, 11) is 1.66. The maximum atomic E-state index is 12.7. The van der Waals surface area contributed by atoms with Gasteiger partial charge in [-0.15, -0.1) is 11.3 Å². The minimum Gasteiger partial charge on any atom is -0.454 e. The first-order valence-electron chi connectivity index (χ1n) is 9.97. The van der Waals surface area contributed by atoms with Crippen LogP contribution in [0, 0.1) is 13.8 Å². The van der Waals surface area contributed by atoms with Crippen LogP contribution in [0.4, 0.5) is 0 Å². The summed E-state index contributed by atoms with van der Waals surface area (Å²) in [5.74, 6) is -1.21. The highest BCUT2D eigenvalue weighted by molar-refractivity contribution is 7.12. The molecule has 1 aromatic carbocycles. The Morgan fingerprint density at radius 1 is 1.00 bits per heavy atom. The lowest BCUT2D eigenvalue weighted by Gasteiger charge is -2.10. The van der Waals surface area contributed by atoms with Gasteiger partial charge < -0.3 is 14.0 Å². The highest BCUT2D eigenvalue weighted by Crippen LogP contribution is 2.20. The number of carbonyl (C=O) groups excluding carboxylic acids is 3. The zero-order valence-corrected chi connectivity index (χ0v) is 18.7. The summed E-state index contributed by atoms with van der Waals surface area (Å²) >= 11 is 1.31. The van der Waals surface area contributed by atoms with Gasteiger partial charge in [-0.25, -0.2) is 4.79 Å². The minimum absolute atomic E-state index is 0.152. The molecule has 162 valence electrons. The van der Waals surface area contributed by atoms with Gasteiger partial charge in [0.2, 0.25) is 11.6 Å². The van der Waals surface area contributed by atoms with Gasteiger partial charge in [0.15, 0.2) is 6.61 Å². The summed E-state index contributed by atoms with van der Waals surface area (Å²) < 4.78 is 12.4. The molecule has 7 heteroatoms. The average Bonchev–Trinajstić information content (AvgIpc) is 3.41. The van der Waals surface area contributed by atoms with E-state index in [1.807, 2.05) is 19.9 Å². The van der Waals surface area contributed by atoms with Crippen LogP contribution in [0.25, 0.3) is 0 Å². The third-order valence-corrected chi connectivity index (χ3v) is 5.94. The number of hydrogen-bond donors (Lipinski definition) is 0. The summed E-state index contributed by atoms with van der Waals surface area (Å²) in [6.45, 7) is 4.82. The van der Waals surface area contributed by atoms with Crippen LogP contribution in [0.15, 0.2) is 47.8 Å². The zero-order valence-electron chi connectivity index (χ0n) is 17.8. The van der Waals surface area contributed by atoms with Crippen molar-refractivity contribution >= 4 is 28.9 Å². The number of aryl methyl sites for hydroxylation is 1. The van der Waals surface area contributed by atoms with E-state index in [4.69, 9.17) is 9.47 Å². The van der Waals surface area contributed by atoms with Crippen molar-refractivity contribution in [1.82, 2.24) is 4.57 Å². The van der Waals surface area contributed by atoms with E-state index >= 15 is 0 Å². The summed E-state index contributed by atoms with van der Waals surface area (Å²) in [5, 5.41) is 1.80. The van der Waals surface area contributed by atoms with E-state index in [2.05, 4.69) is 4.57 Å². The number of nitrogens with zero attached hydrogens (tertiary/aromatic N) is 1. The second-order valence-corrected chi connectivity index (χ2v) is 8.08. The lowest BCUT2D eigenvalue weighted by molar-refractivity contribution is 0.0472. The third-order valence-electron chi connectivity index (χ3n) is 5.08. The van der Waals surface area contributed by atoms with Gasteiger partial charge in [-0.3, -0.25) is 9.59 Å². The molecule has 0 N–H and O–H groups in total. The van der Waals surface area contributed by atoms with Gasteiger partial charge in [0.25, 0.3) is 0 Å². The van der Waals surface area contributed by atoms with Crippen LogP contribution < -0.4 is 0 Å². The van der Waals surface area contributed by atoms with Crippen LogP contribution in [0.2, 0.25) is 0 Å². The smallest absolute Gasteiger partial charge is 0.339 e. The number of ether oxygens (including phenoxy) is 2. The molecule has 0 radical (unpaired) electrons. The quantitative estimate of drug-likeness (QED) is 0.265. The standard InChI is InChI=1S/C24H25NO5S/c1-16-14-20(17(2)25(16)11-7-12-29-3)21(26)15-30-24(28)19-9-5-4-8-18(19)23(27)22-10-6-13-31-22/h4-6,8-10,13-14H,7,11-12,15H2,1-3H3. The second kappa shape index (κ2) is 10.3. The number of methoxy groups -OCH3 is 1. The van der Waals surface area contributed by atoms with E-state index < -0.39 is 5.97 Å². The minimum atomic E-state index is -0.692. The summed E-state index contributed by atoms with van der Waals surface area (Å²) in [6.07, 6.45) is 0.838. The number of rotatable bonds is 10. The van der Waals surface area contributed by atoms with Gasteiger partial charge in [-0.2, -0.15) is 0 Å². The number of thiophene rings is 1. The van der Waals surface area contributed by atoms with E-state index in [-0.39, 0.29) is 29.3 Å². The SMILES string of the molecule is COCCCn1c(C)cc(C(=O)COC(=O)c2ccccc2C(=O)c2cccs2)c1C. The lowest BCUT2D eigenvalue weighted by atomic mass is 10.0. The number of aromatic nitrogens is 1. The summed E-state index contributed by atoms with van der Waals surface area (Å²) in [4.78, 5) is 38.6. The van der Waals surface area contributed by atoms with E-state index in [1.54, 1.807) is 42.8 Å². The monoisotopic (exact) mass is 439 g/mol. The van der Waals surface area contributed by atoms with Crippen molar-refractivity contribution in [3.8, 4) is 0 Å². The molecule has 0 saturated heterocycles. The first-order chi connectivity index (χ1) is 14.9. The van der Waals surface area contributed by atoms with E-state index in [0.717, 1.165) is 24.4 Å². The Labute approximate surface area is 185 Å².